The summed E-state index contributed by atoms with van der Waals surface area (Å²) in [5.74, 6) is -0.640. The van der Waals surface area contributed by atoms with Gasteiger partial charge in [0.2, 0.25) is 6.04 Å². The monoisotopic (exact) mass is 251 g/mol. The summed E-state index contributed by atoms with van der Waals surface area (Å²) in [5, 5.41) is 21.1. The Morgan fingerprint density at radius 3 is 2.44 bits per heavy atom. The molecule has 0 bridgehead atoms. The van der Waals surface area contributed by atoms with Crippen LogP contribution < -0.4 is 0 Å². The normalized spacial score (nSPS) is 36.3. The standard InChI is InChI=1S/C13H17NO4/c1-8-11(10-6-4-3-5-7-10)12(14(16)17)9(2)18-13(8)15/h3-9,11-13,15H,1-2H3/t8-,9+,11+,12-,13?/m1/s1. The Balaban J connectivity index is 2.40. The molecule has 0 saturated carbocycles. The minimum atomic E-state index is -0.957. The second-order valence-corrected chi connectivity index (χ2v) is 4.80. The predicted molar refractivity (Wildman–Crippen MR) is 65.7 cm³/mol. The molecule has 0 aliphatic carbocycles. The zero-order chi connectivity index (χ0) is 13.3. The molecular weight excluding hydrogens is 234 g/mol. The van der Waals surface area contributed by atoms with Gasteiger partial charge in [-0.3, -0.25) is 10.1 Å². The number of aliphatic hydroxyl groups excluding tert-OH is 1. The van der Waals surface area contributed by atoms with Crippen LogP contribution in [0.2, 0.25) is 0 Å². The Bertz CT molecular complexity index is 422. The predicted octanol–water partition coefficient (Wildman–Crippen LogP) is 1.79. The lowest BCUT2D eigenvalue weighted by Crippen LogP contribution is -2.51. The second-order valence-electron chi connectivity index (χ2n) is 4.80. The molecule has 0 aromatic heterocycles. The van der Waals surface area contributed by atoms with Crippen LogP contribution in [0.3, 0.4) is 0 Å². The number of hydrogen-bond acceptors (Lipinski definition) is 4. The van der Waals surface area contributed by atoms with Crippen molar-refractivity contribution in [3.63, 3.8) is 0 Å². The summed E-state index contributed by atoms with van der Waals surface area (Å²) in [5.41, 5.74) is 0.876. The minimum Gasteiger partial charge on any atom is -0.368 e. The Morgan fingerprint density at radius 2 is 1.89 bits per heavy atom. The van der Waals surface area contributed by atoms with Gasteiger partial charge in [-0.2, -0.15) is 0 Å². The number of rotatable bonds is 2. The van der Waals surface area contributed by atoms with Gasteiger partial charge >= 0.3 is 0 Å². The van der Waals surface area contributed by atoms with E-state index in [1.165, 1.54) is 0 Å². The molecule has 98 valence electrons. The first-order valence-electron chi connectivity index (χ1n) is 6.04. The maximum Gasteiger partial charge on any atom is 0.245 e. The molecular formula is C13H17NO4. The summed E-state index contributed by atoms with van der Waals surface area (Å²) in [6, 6.07) is 8.47. The quantitative estimate of drug-likeness (QED) is 0.642. The highest BCUT2D eigenvalue weighted by Gasteiger charge is 2.48. The summed E-state index contributed by atoms with van der Waals surface area (Å²) in [6.07, 6.45) is -1.56. The van der Waals surface area contributed by atoms with Gasteiger partial charge in [0.05, 0.1) is 5.92 Å². The highest BCUT2D eigenvalue weighted by Crippen LogP contribution is 2.38. The molecule has 5 atom stereocenters. The fourth-order valence-electron chi connectivity index (χ4n) is 2.68. The van der Waals surface area contributed by atoms with Crippen LogP contribution in [0, 0.1) is 16.0 Å². The highest BCUT2D eigenvalue weighted by molar-refractivity contribution is 5.23. The Kier molecular flexibility index (Phi) is 3.63. The van der Waals surface area contributed by atoms with Crippen LogP contribution in [0.4, 0.5) is 0 Å². The van der Waals surface area contributed by atoms with Crippen molar-refractivity contribution < 1.29 is 14.8 Å². The Morgan fingerprint density at radius 1 is 1.28 bits per heavy atom. The van der Waals surface area contributed by atoms with Crippen LogP contribution in [0.5, 0.6) is 0 Å². The number of benzene rings is 1. The molecule has 0 spiro atoms. The fraction of sp³-hybridized carbons (Fsp3) is 0.538. The van der Waals surface area contributed by atoms with Crippen LogP contribution in [0.25, 0.3) is 0 Å². The van der Waals surface area contributed by atoms with E-state index in [9.17, 15) is 15.2 Å². The summed E-state index contributed by atoms with van der Waals surface area (Å²) >= 11 is 0. The van der Waals surface area contributed by atoms with Gasteiger partial charge in [0.25, 0.3) is 0 Å². The third-order valence-corrected chi connectivity index (χ3v) is 3.65. The molecule has 1 aromatic carbocycles. The molecule has 1 aliphatic rings. The van der Waals surface area contributed by atoms with Gasteiger partial charge in [-0.25, -0.2) is 0 Å². The van der Waals surface area contributed by atoms with Gasteiger partial charge in [-0.1, -0.05) is 37.3 Å². The van der Waals surface area contributed by atoms with Gasteiger partial charge in [-0.15, -0.1) is 0 Å². The molecule has 0 amide bonds. The van der Waals surface area contributed by atoms with Crippen LogP contribution >= 0.6 is 0 Å². The molecule has 0 radical (unpaired) electrons. The average Bonchev–Trinajstić information content (AvgIpc) is 2.34. The van der Waals surface area contributed by atoms with Crippen molar-refractivity contribution in [3.05, 3.63) is 46.0 Å². The van der Waals surface area contributed by atoms with E-state index >= 15 is 0 Å². The van der Waals surface area contributed by atoms with Crippen molar-refractivity contribution in [3.8, 4) is 0 Å². The molecule has 1 N–H and O–H groups in total. The van der Waals surface area contributed by atoms with E-state index in [1.807, 2.05) is 30.3 Å². The number of ether oxygens (including phenoxy) is 1. The van der Waals surface area contributed by atoms with Crippen molar-refractivity contribution in [1.29, 1.82) is 0 Å². The third-order valence-electron chi connectivity index (χ3n) is 3.65. The molecule has 5 heteroatoms. The maximum absolute atomic E-state index is 11.2. The summed E-state index contributed by atoms with van der Waals surface area (Å²) in [7, 11) is 0. The molecule has 1 saturated heterocycles. The zero-order valence-electron chi connectivity index (χ0n) is 10.4. The van der Waals surface area contributed by atoms with Gasteiger partial charge in [-0.05, 0) is 12.5 Å². The van der Waals surface area contributed by atoms with Crippen molar-refractivity contribution in [2.24, 2.45) is 5.92 Å². The van der Waals surface area contributed by atoms with E-state index in [0.29, 0.717) is 0 Å². The summed E-state index contributed by atoms with van der Waals surface area (Å²) in [6.45, 7) is 3.42. The van der Waals surface area contributed by atoms with Crippen LogP contribution in [0.15, 0.2) is 30.3 Å². The van der Waals surface area contributed by atoms with Crippen molar-refractivity contribution >= 4 is 0 Å². The molecule has 1 aromatic rings. The largest absolute Gasteiger partial charge is 0.368 e. The van der Waals surface area contributed by atoms with E-state index in [-0.39, 0.29) is 16.8 Å². The second kappa shape index (κ2) is 5.04. The van der Waals surface area contributed by atoms with Crippen LogP contribution in [0.1, 0.15) is 25.3 Å². The lowest BCUT2D eigenvalue weighted by Gasteiger charge is -2.38. The van der Waals surface area contributed by atoms with E-state index in [2.05, 4.69) is 0 Å². The van der Waals surface area contributed by atoms with Gasteiger partial charge < -0.3 is 9.84 Å². The van der Waals surface area contributed by atoms with Crippen LogP contribution in [-0.2, 0) is 4.74 Å². The first-order chi connectivity index (χ1) is 8.52. The molecule has 1 unspecified atom stereocenters. The highest BCUT2D eigenvalue weighted by atomic mass is 16.6. The summed E-state index contributed by atoms with van der Waals surface area (Å²) < 4.78 is 5.24. The first-order valence-corrected chi connectivity index (χ1v) is 6.04. The zero-order valence-corrected chi connectivity index (χ0v) is 10.4. The molecule has 1 aliphatic heterocycles. The molecule has 1 fully saturated rings. The number of nitro groups is 1. The SMILES string of the molecule is C[C@@H]1OC(O)[C@H](C)[C@@H](c2ccccc2)[C@@H]1[N+](=O)[O-]. The molecule has 2 rings (SSSR count). The van der Waals surface area contributed by atoms with E-state index < -0.39 is 18.4 Å². The maximum atomic E-state index is 11.2. The first kappa shape index (κ1) is 13.0. The minimum absolute atomic E-state index is 0.301. The van der Waals surface area contributed by atoms with E-state index in [0.717, 1.165) is 5.56 Å². The molecule has 5 nitrogen and oxygen atoms in total. The third kappa shape index (κ3) is 2.23. The smallest absolute Gasteiger partial charge is 0.245 e. The van der Waals surface area contributed by atoms with Crippen molar-refractivity contribution in [2.75, 3.05) is 0 Å². The van der Waals surface area contributed by atoms with E-state index in [4.69, 9.17) is 4.74 Å². The lowest BCUT2D eigenvalue weighted by molar-refractivity contribution is -0.551. The van der Waals surface area contributed by atoms with Gasteiger partial charge in [0.1, 0.15) is 6.10 Å². The average molecular weight is 251 g/mol. The Hall–Kier alpha value is -1.46. The number of nitrogens with zero attached hydrogens (tertiary/aromatic N) is 1. The topological polar surface area (TPSA) is 72.6 Å². The molecule has 1 heterocycles. The lowest BCUT2D eigenvalue weighted by atomic mass is 9.77. The number of aliphatic hydroxyl groups is 1. The fourth-order valence-corrected chi connectivity index (χ4v) is 2.68. The van der Waals surface area contributed by atoms with Crippen molar-refractivity contribution in [1.82, 2.24) is 0 Å². The van der Waals surface area contributed by atoms with Crippen molar-refractivity contribution in [2.45, 2.75) is 38.2 Å². The van der Waals surface area contributed by atoms with Gasteiger partial charge in [0, 0.05) is 10.8 Å². The Labute approximate surface area is 106 Å². The molecule has 18 heavy (non-hydrogen) atoms. The van der Waals surface area contributed by atoms with Gasteiger partial charge in [0.15, 0.2) is 6.29 Å². The van der Waals surface area contributed by atoms with E-state index in [1.54, 1.807) is 13.8 Å². The van der Waals surface area contributed by atoms with Crippen LogP contribution in [-0.4, -0.2) is 28.5 Å². The summed E-state index contributed by atoms with van der Waals surface area (Å²) in [4.78, 5) is 10.9. The number of hydrogen-bond donors (Lipinski definition) is 1.